The number of amides is 1. The maximum atomic E-state index is 12.0. The highest BCUT2D eigenvalue weighted by molar-refractivity contribution is 5.81. The topological polar surface area (TPSA) is 58.6 Å². The van der Waals surface area contributed by atoms with Gasteiger partial charge >= 0.3 is 0 Å². The molecule has 0 aliphatic rings. The molecule has 0 saturated carbocycles. The standard InChI is InChI=1S/C15H23NO3/c1-4-13(8-9-17)16-15(18)12(3)19-14-7-5-6-11(2)10-14/h5-7,10,12-13,17H,4,8-9H2,1-3H3,(H,16,18). The van der Waals surface area contributed by atoms with Crippen LogP contribution in [0.1, 0.15) is 32.3 Å². The Morgan fingerprint density at radius 1 is 1.47 bits per heavy atom. The summed E-state index contributed by atoms with van der Waals surface area (Å²) in [5.74, 6) is 0.541. The lowest BCUT2D eigenvalue weighted by atomic mass is 10.1. The average molecular weight is 265 g/mol. The highest BCUT2D eigenvalue weighted by atomic mass is 16.5. The van der Waals surface area contributed by atoms with Crippen molar-refractivity contribution >= 4 is 5.91 Å². The molecule has 0 aromatic heterocycles. The molecule has 2 atom stereocenters. The summed E-state index contributed by atoms with van der Waals surface area (Å²) in [5.41, 5.74) is 1.09. The van der Waals surface area contributed by atoms with Crippen molar-refractivity contribution in [3.8, 4) is 5.75 Å². The van der Waals surface area contributed by atoms with Crippen molar-refractivity contribution in [3.63, 3.8) is 0 Å². The fourth-order valence-electron chi connectivity index (χ4n) is 1.80. The number of aliphatic hydroxyl groups excluding tert-OH is 1. The summed E-state index contributed by atoms with van der Waals surface area (Å²) < 4.78 is 5.61. The Bertz CT molecular complexity index is 406. The zero-order chi connectivity index (χ0) is 14.3. The van der Waals surface area contributed by atoms with E-state index in [0.29, 0.717) is 12.2 Å². The van der Waals surface area contributed by atoms with Crippen LogP contribution < -0.4 is 10.1 Å². The second-order valence-electron chi connectivity index (χ2n) is 4.70. The average Bonchev–Trinajstić information content (AvgIpc) is 2.38. The second kappa shape index (κ2) is 7.79. The zero-order valence-electron chi connectivity index (χ0n) is 11.8. The van der Waals surface area contributed by atoms with E-state index < -0.39 is 6.10 Å². The molecular weight excluding hydrogens is 242 g/mol. The van der Waals surface area contributed by atoms with Crippen molar-refractivity contribution in [1.82, 2.24) is 5.32 Å². The van der Waals surface area contributed by atoms with Crippen LogP contribution in [-0.2, 0) is 4.79 Å². The predicted octanol–water partition coefficient (Wildman–Crippen LogP) is 2.04. The number of rotatable bonds is 7. The van der Waals surface area contributed by atoms with E-state index in [1.165, 1.54) is 0 Å². The third-order valence-corrected chi connectivity index (χ3v) is 2.99. The van der Waals surface area contributed by atoms with E-state index in [9.17, 15) is 4.79 Å². The number of hydrogen-bond acceptors (Lipinski definition) is 3. The van der Waals surface area contributed by atoms with E-state index in [1.807, 2.05) is 38.1 Å². The third-order valence-electron chi connectivity index (χ3n) is 2.99. The van der Waals surface area contributed by atoms with Gasteiger partial charge in [0.05, 0.1) is 0 Å². The largest absolute Gasteiger partial charge is 0.481 e. The molecule has 0 saturated heterocycles. The van der Waals surface area contributed by atoms with Crippen molar-refractivity contribution in [1.29, 1.82) is 0 Å². The highest BCUT2D eigenvalue weighted by Gasteiger charge is 2.17. The summed E-state index contributed by atoms with van der Waals surface area (Å²) >= 11 is 0. The van der Waals surface area contributed by atoms with Crippen LogP contribution in [0.5, 0.6) is 5.75 Å². The molecule has 4 nitrogen and oxygen atoms in total. The Labute approximate surface area is 114 Å². The highest BCUT2D eigenvalue weighted by Crippen LogP contribution is 2.14. The first kappa shape index (κ1) is 15.5. The molecule has 0 radical (unpaired) electrons. The summed E-state index contributed by atoms with van der Waals surface area (Å²) in [7, 11) is 0. The molecule has 4 heteroatoms. The van der Waals surface area contributed by atoms with E-state index in [2.05, 4.69) is 5.32 Å². The molecule has 1 amide bonds. The summed E-state index contributed by atoms with van der Waals surface area (Å²) in [6.07, 6.45) is 0.817. The minimum atomic E-state index is -0.547. The molecule has 19 heavy (non-hydrogen) atoms. The second-order valence-corrected chi connectivity index (χ2v) is 4.70. The minimum Gasteiger partial charge on any atom is -0.481 e. The Morgan fingerprint density at radius 2 is 2.21 bits per heavy atom. The molecule has 0 spiro atoms. The molecule has 1 aromatic carbocycles. The van der Waals surface area contributed by atoms with Crippen LogP contribution in [0.25, 0.3) is 0 Å². The molecule has 2 N–H and O–H groups in total. The lowest BCUT2D eigenvalue weighted by Gasteiger charge is -2.20. The molecule has 1 rings (SSSR count). The number of aryl methyl sites for hydroxylation is 1. The maximum absolute atomic E-state index is 12.0. The fraction of sp³-hybridized carbons (Fsp3) is 0.533. The van der Waals surface area contributed by atoms with Gasteiger partial charge in [-0.15, -0.1) is 0 Å². The number of nitrogens with one attached hydrogen (secondary N) is 1. The Hall–Kier alpha value is -1.55. The molecule has 0 fully saturated rings. The Balaban J connectivity index is 2.52. The van der Waals surface area contributed by atoms with Gasteiger partial charge in [-0.2, -0.15) is 0 Å². The van der Waals surface area contributed by atoms with Gasteiger partial charge in [0.2, 0.25) is 0 Å². The maximum Gasteiger partial charge on any atom is 0.260 e. The van der Waals surface area contributed by atoms with Gasteiger partial charge in [0.1, 0.15) is 5.75 Å². The van der Waals surface area contributed by atoms with Crippen LogP contribution in [0, 0.1) is 6.92 Å². The van der Waals surface area contributed by atoms with Gasteiger partial charge in [-0.25, -0.2) is 0 Å². The van der Waals surface area contributed by atoms with Gasteiger partial charge in [0.25, 0.3) is 5.91 Å². The van der Waals surface area contributed by atoms with Crippen LogP contribution in [0.4, 0.5) is 0 Å². The van der Waals surface area contributed by atoms with Gasteiger partial charge < -0.3 is 15.2 Å². The third kappa shape index (κ3) is 5.30. The molecule has 0 aliphatic carbocycles. The number of carbonyl (C=O) groups excluding carboxylic acids is 1. The molecule has 106 valence electrons. The Kier molecular flexibility index (Phi) is 6.36. The van der Waals surface area contributed by atoms with Crippen LogP contribution in [0.3, 0.4) is 0 Å². The SMILES string of the molecule is CCC(CCO)NC(=O)C(C)Oc1cccc(C)c1. The summed E-state index contributed by atoms with van der Waals surface area (Å²) in [4.78, 5) is 12.0. The molecular formula is C15H23NO3. The van der Waals surface area contributed by atoms with E-state index in [0.717, 1.165) is 12.0 Å². The number of carbonyl (C=O) groups is 1. The molecule has 0 aliphatic heterocycles. The van der Waals surface area contributed by atoms with Crippen LogP contribution >= 0.6 is 0 Å². The molecule has 0 bridgehead atoms. The van der Waals surface area contributed by atoms with Crippen LogP contribution in [-0.4, -0.2) is 29.8 Å². The summed E-state index contributed by atoms with van der Waals surface area (Å²) in [6.45, 7) is 5.76. The van der Waals surface area contributed by atoms with Crippen LogP contribution in [0.15, 0.2) is 24.3 Å². The molecule has 0 heterocycles. The smallest absolute Gasteiger partial charge is 0.260 e. The fourth-order valence-corrected chi connectivity index (χ4v) is 1.80. The van der Waals surface area contributed by atoms with E-state index in [-0.39, 0.29) is 18.6 Å². The number of hydrogen-bond donors (Lipinski definition) is 2. The first-order chi connectivity index (χ1) is 9.06. The lowest BCUT2D eigenvalue weighted by Crippen LogP contribution is -2.42. The Morgan fingerprint density at radius 3 is 2.79 bits per heavy atom. The zero-order valence-corrected chi connectivity index (χ0v) is 11.8. The molecule has 2 unspecified atom stereocenters. The number of aliphatic hydroxyl groups is 1. The lowest BCUT2D eigenvalue weighted by molar-refractivity contribution is -0.128. The van der Waals surface area contributed by atoms with Crippen LogP contribution in [0.2, 0.25) is 0 Å². The van der Waals surface area contributed by atoms with Crippen molar-refractivity contribution in [3.05, 3.63) is 29.8 Å². The monoisotopic (exact) mass is 265 g/mol. The van der Waals surface area contributed by atoms with E-state index in [1.54, 1.807) is 6.92 Å². The number of ether oxygens (including phenoxy) is 1. The summed E-state index contributed by atoms with van der Waals surface area (Å²) in [6, 6.07) is 7.61. The van der Waals surface area contributed by atoms with E-state index in [4.69, 9.17) is 9.84 Å². The van der Waals surface area contributed by atoms with E-state index >= 15 is 0 Å². The molecule has 1 aromatic rings. The first-order valence-electron chi connectivity index (χ1n) is 6.71. The van der Waals surface area contributed by atoms with Gasteiger partial charge in [0, 0.05) is 12.6 Å². The normalized spacial score (nSPS) is 13.7. The van der Waals surface area contributed by atoms with Crippen molar-refractivity contribution in [2.75, 3.05) is 6.61 Å². The van der Waals surface area contributed by atoms with Gasteiger partial charge in [-0.1, -0.05) is 19.1 Å². The first-order valence-corrected chi connectivity index (χ1v) is 6.71. The minimum absolute atomic E-state index is 0.000981. The number of benzene rings is 1. The quantitative estimate of drug-likeness (QED) is 0.793. The predicted molar refractivity (Wildman–Crippen MR) is 75.2 cm³/mol. The summed E-state index contributed by atoms with van der Waals surface area (Å²) in [5, 5.41) is 11.8. The van der Waals surface area contributed by atoms with Crippen molar-refractivity contribution < 1.29 is 14.6 Å². The van der Waals surface area contributed by atoms with Gasteiger partial charge in [-0.3, -0.25) is 4.79 Å². The van der Waals surface area contributed by atoms with Crippen molar-refractivity contribution in [2.45, 2.75) is 45.8 Å². The van der Waals surface area contributed by atoms with Crippen molar-refractivity contribution in [2.24, 2.45) is 0 Å². The van der Waals surface area contributed by atoms with Gasteiger partial charge in [0.15, 0.2) is 6.10 Å². The van der Waals surface area contributed by atoms with Gasteiger partial charge in [-0.05, 0) is 44.4 Å².